The van der Waals surface area contributed by atoms with Crippen molar-refractivity contribution in [2.75, 3.05) is 6.54 Å². The van der Waals surface area contributed by atoms with Gasteiger partial charge in [0.2, 0.25) is 0 Å². The lowest BCUT2D eigenvalue weighted by atomic mass is 10.1. The molecule has 0 bridgehead atoms. The van der Waals surface area contributed by atoms with Gasteiger partial charge < -0.3 is 10.4 Å². The highest BCUT2D eigenvalue weighted by Crippen LogP contribution is 2.16. The largest absolute Gasteiger partial charge is 0.392 e. The molecule has 1 aromatic carbocycles. The van der Waals surface area contributed by atoms with Crippen LogP contribution in [0.3, 0.4) is 0 Å². The van der Waals surface area contributed by atoms with E-state index in [4.69, 9.17) is 0 Å². The summed E-state index contributed by atoms with van der Waals surface area (Å²) in [7, 11) is 0. The molecular weight excluding hydrogens is 254 g/mol. The fraction of sp³-hybridized carbons (Fsp3) is 0.500. The molecule has 0 spiro atoms. The van der Waals surface area contributed by atoms with Gasteiger partial charge in [-0.3, -0.25) is 0 Å². The summed E-state index contributed by atoms with van der Waals surface area (Å²) >= 11 is 3.41. The highest BCUT2D eigenvalue weighted by Gasteiger charge is 2.06. The molecule has 1 unspecified atom stereocenters. The molecular formula is C12H18BrNO. The number of aliphatic hydroxyl groups is 1. The quantitative estimate of drug-likeness (QED) is 0.863. The number of hydrogen-bond acceptors (Lipinski definition) is 2. The van der Waals surface area contributed by atoms with Crippen LogP contribution in [0.1, 0.15) is 31.9 Å². The zero-order valence-corrected chi connectivity index (χ0v) is 10.8. The number of aliphatic hydroxyl groups excluding tert-OH is 1. The molecule has 0 fully saturated rings. The SMILES string of the molecule is CCC(O)CN[C@H](C)c1ccc(Br)cc1. The molecule has 0 saturated carbocycles. The fourth-order valence-electron chi connectivity index (χ4n) is 1.33. The van der Waals surface area contributed by atoms with Crippen molar-refractivity contribution in [2.24, 2.45) is 0 Å². The lowest BCUT2D eigenvalue weighted by Crippen LogP contribution is -2.28. The summed E-state index contributed by atoms with van der Waals surface area (Å²) in [5.41, 5.74) is 1.24. The fourth-order valence-corrected chi connectivity index (χ4v) is 1.59. The van der Waals surface area contributed by atoms with Crippen molar-refractivity contribution < 1.29 is 5.11 Å². The Balaban J connectivity index is 2.46. The minimum Gasteiger partial charge on any atom is -0.392 e. The van der Waals surface area contributed by atoms with E-state index in [1.165, 1.54) is 5.56 Å². The van der Waals surface area contributed by atoms with E-state index >= 15 is 0 Å². The molecule has 0 radical (unpaired) electrons. The summed E-state index contributed by atoms with van der Waals surface area (Å²) in [6.07, 6.45) is 0.544. The van der Waals surface area contributed by atoms with E-state index in [0.717, 1.165) is 10.9 Å². The maximum absolute atomic E-state index is 9.43. The van der Waals surface area contributed by atoms with Gasteiger partial charge in [0.15, 0.2) is 0 Å². The third-order valence-electron chi connectivity index (χ3n) is 2.50. The number of rotatable bonds is 5. The Morgan fingerprint density at radius 3 is 2.47 bits per heavy atom. The van der Waals surface area contributed by atoms with Crippen molar-refractivity contribution in [3.05, 3.63) is 34.3 Å². The van der Waals surface area contributed by atoms with Crippen molar-refractivity contribution in [3.63, 3.8) is 0 Å². The highest BCUT2D eigenvalue weighted by molar-refractivity contribution is 9.10. The van der Waals surface area contributed by atoms with E-state index in [9.17, 15) is 5.11 Å². The summed E-state index contributed by atoms with van der Waals surface area (Å²) in [6, 6.07) is 8.51. The topological polar surface area (TPSA) is 32.3 Å². The smallest absolute Gasteiger partial charge is 0.0662 e. The first kappa shape index (κ1) is 12.7. The summed E-state index contributed by atoms with van der Waals surface area (Å²) in [5.74, 6) is 0. The predicted octanol–water partition coefficient (Wildman–Crippen LogP) is 2.87. The molecule has 0 saturated heterocycles. The van der Waals surface area contributed by atoms with Crippen LogP contribution in [0.5, 0.6) is 0 Å². The lowest BCUT2D eigenvalue weighted by Gasteiger charge is -2.16. The maximum atomic E-state index is 9.43. The second-order valence-electron chi connectivity index (χ2n) is 3.74. The molecule has 15 heavy (non-hydrogen) atoms. The summed E-state index contributed by atoms with van der Waals surface area (Å²) in [5, 5.41) is 12.7. The van der Waals surface area contributed by atoms with Gasteiger partial charge in [-0.25, -0.2) is 0 Å². The Hall–Kier alpha value is -0.380. The van der Waals surface area contributed by atoms with Crippen LogP contribution >= 0.6 is 15.9 Å². The first-order chi connectivity index (χ1) is 7.13. The number of benzene rings is 1. The number of nitrogens with one attached hydrogen (secondary N) is 1. The monoisotopic (exact) mass is 271 g/mol. The molecule has 1 rings (SSSR count). The van der Waals surface area contributed by atoms with E-state index in [1.54, 1.807) is 0 Å². The minimum atomic E-state index is -0.247. The van der Waals surface area contributed by atoms with Gasteiger partial charge in [-0.05, 0) is 31.0 Å². The van der Waals surface area contributed by atoms with E-state index in [2.05, 4.69) is 40.3 Å². The average Bonchev–Trinajstić information content (AvgIpc) is 2.26. The molecule has 1 aromatic rings. The van der Waals surface area contributed by atoms with Crippen LogP contribution in [0.4, 0.5) is 0 Å². The van der Waals surface area contributed by atoms with Gasteiger partial charge in [0, 0.05) is 17.1 Å². The van der Waals surface area contributed by atoms with Crippen LogP contribution in [0.15, 0.2) is 28.7 Å². The second kappa shape index (κ2) is 6.26. The highest BCUT2D eigenvalue weighted by atomic mass is 79.9. The lowest BCUT2D eigenvalue weighted by molar-refractivity contribution is 0.164. The Labute approximate surface area is 99.8 Å². The van der Waals surface area contributed by atoms with Crippen molar-refractivity contribution in [2.45, 2.75) is 32.4 Å². The van der Waals surface area contributed by atoms with Crippen LogP contribution in [0.2, 0.25) is 0 Å². The zero-order valence-electron chi connectivity index (χ0n) is 9.20. The van der Waals surface area contributed by atoms with Gasteiger partial charge in [-0.1, -0.05) is 35.0 Å². The van der Waals surface area contributed by atoms with Crippen molar-refractivity contribution >= 4 is 15.9 Å². The second-order valence-corrected chi connectivity index (χ2v) is 4.66. The molecule has 2 atom stereocenters. The number of hydrogen-bond donors (Lipinski definition) is 2. The van der Waals surface area contributed by atoms with E-state index < -0.39 is 0 Å². The van der Waals surface area contributed by atoms with Crippen molar-refractivity contribution in [3.8, 4) is 0 Å². The molecule has 0 aliphatic carbocycles. The average molecular weight is 272 g/mol. The van der Waals surface area contributed by atoms with Gasteiger partial charge in [0.25, 0.3) is 0 Å². The van der Waals surface area contributed by atoms with Crippen LogP contribution in [-0.2, 0) is 0 Å². The molecule has 0 heterocycles. The Morgan fingerprint density at radius 2 is 1.93 bits per heavy atom. The summed E-state index contributed by atoms with van der Waals surface area (Å²) < 4.78 is 1.09. The van der Waals surface area contributed by atoms with Gasteiger partial charge in [-0.15, -0.1) is 0 Å². The van der Waals surface area contributed by atoms with Gasteiger partial charge >= 0.3 is 0 Å². The zero-order chi connectivity index (χ0) is 11.3. The summed E-state index contributed by atoms with van der Waals surface area (Å²) in [6.45, 7) is 4.73. The standard InChI is InChI=1S/C12H18BrNO/c1-3-12(15)8-14-9(2)10-4-6-11(13)7-5-10/h4-7,9,12,14-15H,3,8H2,1-2H3/t9-,12?/m1/s1. The first-order valence-corrected chi connectivity index (χ1v) is 6.09. The Kier molecular flexibility index (Phi) is 5.29. The van der Waals surface area contributed by atoms with Gasteiger partial charge in [0.1, 0.15) is 0 Å². The van der Waals surface area contributed by atoms with E-state index in [1.807, 2.05) is 19.1 Å². The minimum absolute atomic E-state index is 0.247. The maximum Gasteiger partial charge on any atom is 0.0662 e. The van der Waals surface area contributed by atoms with Crippen LogP contribution in [0, 0.1) is 0 Å². The Morgan fingerprint density at radius 1 is 1.33 bits per heavy atom. The third-order valence-corrected chi connectivity index (χ3v) is 3.03. The van der Waals surface area contributed by atoms with E-state index in [0.29, 0.717) is 6.54 Å². The molecule has 2 nitrogen and oxygen atoms in total. The van der Waals surface area contributed by atoms with Crippen LogP contribution in [-0.4, -0.2) is 17.8 Å². The molecule has 0 aliphatic heterocycles. The normalized spacial score (nSPS) is 14.9. The third kappa shape index (κ3) is 4.33. The predicted molar refractivity (Wildman–Crippen MR) is 66.9 cm³/mol. The van der Waals surface area contributed by atoms with Crippen molar-refractivity contribution in [1.82, 2.24) is 5.32 Å². The van der Waals surface area contributed by atoms with Crippen LogP contribution in [0.25, 0.3) is 0 Å². The molecule has 3 heteroatoms. The van der Waals surface area contributed by atoms with Crippen LogP contribution < -0.4 is 5.32 Å². The molecule has 0 amide bonds. The Bertz CT molecular complexity index is 286. The van der Waals surface area contributed by atoms with E-state index in [-0.39, 0.29) is 12.1 Å². The van der Waals surface area contributed by atoms with Crippen molar-refractivity contribution in [1.29, 1.82) is 0 Å². The summed E-state index contributed by atoms with van der Waals surface area (Å²) in [4.78, 5) is 0. The molecule has 0 aliphatic rings. The van der Waals surface area contributed by atoms with Gasteiger partial charge in [0.05, 0.1) is 6.10 Å². The molecule has 2 N–H and O–H groups in total. The molecule has 0 aromatic heterocycles. The first-order valence-electron chi connectivity index (χ1n) is 5.30. The molecule has 84 valence electrons. The number of halogens is 1. The van der Waals surface area contributed by atoms with Gasteiger partial charge in [-0.2, -0.15) is 0 Å².